The molecule has 2 nitrogen and oxygen atoms in total. The van der Waals surface area contributed by atoms with Crippen molar-refractivity contribution in [2.24, 2.45) is 11.7 Å². The van der Waals surface area contributed by atoms with E-state index in [-0.39, 0.29) is 0 Å². The van der Waals surface area contributed by atoms with Crippen LogP contribution in [0.25, 0.3) is 0 Å². The lowest BCUT2D eigenvalue weighted by atomic mass is 9.86. The lowest BCUT2D eigenvalue weighted by Crippen LogP contribution is -2.25. The van der Waals surface area contributed by atoms with Gasteiger partial charge in [-0.3, -0.25) is 0 Å². The number of rotatable bonds is 4. The Morgan fingerprint density at radius 1 is 1.28 bits per heavy atom. The lowest BCUT2D eigenvalue weighted by Gasteiger charge is -2.28. The second kappa shape index (κ2) is 6.19. The van der Waals surface area contributed by atoms with Crippen LogP contribution in [0.5, 0.6) is 5.75 Å². The maximum Gasteiger partial charge on any atom is 0.129 e. The molecule has 3 heteroatoms. The summed E-state index contributed by atoms with van der Waals surface area (Å²) in [6.45, 7) is 2.27. The minimum absolute atomic E-state index is 0.322. The van der Waals surface area contributed by atoms with E-state index in [0.717, 1.165) is 30.1 Å². The quantitative estimate of drug-likeness (QED) is 0.842. The predicted molar refractivity (Wildman–Crippen MR) is 79.0 cm³/mol. The number of thiocarbonyl (C=S) groups is 1. The van der Waals surface area contributed by atoms with Crippen LogP contribution in [0, 0.1) is 5.92 Å². The average Bonchev–Trinajstić information content (AvgIpc) is 2.40. The number of para-hydroxylation sites is 1. The fourth-order valence-corrected chi connectivity index (χ4v) is 2.78. The van der Waals surface area contributed by atoms with Crippen LogP contribution in [0.15, 0.2) is 24.3 Å². The fourth-order valence-electron chi connectivity index (χ4n) is 2.61. The monoisotopic (exact) mass is 263 g/mol. The summed E-state index contributed by atoms with van der Waals surface area (Å²) in [4.78, 5) is 0.410. The van der Waals surface area contributed by atoms with E-state index in [4.69, 9.17) is 22.7 Å². The number of benzene rings is 1. The van der Waals surface area contributed by atoms with E-state index in [1.807, 2.05) is 24.3 Å². The molecule has 0 amide bonds. The first-order chi connectivity index (χ1) is 8.70. The largest absolute Gasteiger partial charge is 0.490 e. The van der Waals surface area contributed by atoms with Crippen molar-refractivity contribution in [1.82, 2.24) is 0 Å². The molecule has 0 atom stereocenters. The smallest absolute Gasteiger partial charge is 0.129 e. The summed E-state index contributed by atoms with van der Waals surface area (Å²) in [7, 11) is 0. The van der Waals surface area contributed by atoms with Crippen molar-refractivity contribution in [3.63, 3.8) is 0 Å². The molecule has 1 aliphatic rings. The molecule has 0 heterocycles. The summed E-state index contributed by atoms with van der Waals surface area (Å²) in [6, 6.07) is 7.79. The molecule has 0 radical (unpaired) electrons. The Bertz CT molecular complexity index is 411. The molecular formula is C15H21NOS. The molecule has 0 spiro atoms. The third-order valence-electron chi connectivity index (χ3n) is 3.82. The van der Waals surface area contributed by atoms with Crippen LogP contribution in [0.4, 0.5) is 0 Å². The van der Waals surface area contributed by atoms with Crippen LogP contribution in [0.2, 0.25) is 0 Å². The van der Waals surface area contributed by atoms with E-state index in [9.17, 15) is 0 Å². The molecule has 0 aliphatic heterocycles. The van der Waals surface area contributed by atoms with Crippen molar-refractivity contribution in [1.29, 1.82) is 0 Å². The number of hydrogen-bond acceptors (Lipinski definition) is 2. The number of hydrogen-bond donors (Lipinski definition) is 1. The third kappa shape index (κ3) is 3.22. The van der Waals surface area contributed by atoms with Gasteiger partial charge >= 0.3 is 0 Å². The summed E-state index contributed by atoms with van der Waals surface area (Å²) in [6.07, 6.45) is 6.44. The molecule has 1 aliphatic carbocycles. The van der Waals surface area contributed by atoms with Crippen LogP contribution in [0.3, 0.4) is 0 Å². The molecule has 2 rings (SSSR count). The molecule has 98 valence electrons. The van der Waals surface area contributed by atoms with Crippen molar-refractivity contribution < 1.29 is 4.74 Å². The second-order valence-corrected chi connectivity index (χ2v) is 5.47. The Kier molecular flexibility index (Phi) is 4.59. The van der Waals surface area contributed by atoms with Gasteiger partial charge in [0.05, 0.1) is 11.7 Å². The molecule has 0 unspecified atom stereocenters. The first-order valence-corrected chi connectivity index (χ1v) is 7.17. The Labute approximate surface area is 115 Å². The van der Waals surface area contributed by atoms with Crippen LogP contribution in [0.1, 0.15) is 44.6 Å². The van der Waals surface area contributed by atoms with Gasteiger partial charge in [0.15, 0.2) is 0 Å². The summed E-state index contributed by atoms with van der Waals surface area (Å²) in [5.41, 5.74) is 6.57. The van der Waals surface area contributed by atoms with Gasteiger partial charge in [0.1, 0.15) is 10.7 Å². The van der Waals surface area contributed by atoms with Crippen LogP contribution in [-0.4, -0.2) is 11.1 Å². The summed E-state index contributed by atoms with van der Waals surface area (Å²) >= 11 is 5.05. The van der Waals surface area contributed by atoms with Gasteiger partial charge in [0.2, 0.25) is 0 Å². The zero-order valence-electron chi connectivity index (χ0n) is 10.9. The van der Waals surface area contributed by atoms with E-state index in [2.05, 4.69) is 6.92 Å². The minimum atomic E-state index is 0.322. The molecule has 1 saturated carbocycles. The third-order valence-corrected chi connectivity index (χ3v) is 4.04. The molecule has 0 aromatic heterocycles. The van der Waals surface area contributed by atoms with Crippen LogP contribution in [-0.2, 0) is 0 Å². The van der Waals surface area contributed by atoms with Gasteiger partial charge < -0.3 is 10.5 Å². The van der Waals surface area contributed by atoms with E-state index in [0.29, 0.717) is 11.1 Å². The van der Waals surface area contributed by atoms with E-state index < -0.39 is 0 Å². The number of nitrogens with two attached hydrogens (primary N) is 1. The molecule has 0 bridgehead atoms. The first kappa shape index (κ1) is 13.3. The van der Waals surface area contributed by atoms with Crippen molar-refractivity contribution in [3.8, 4) is 5.75 Å². The lowest BCUT2D eigenvalue weighted by molar-refractivity contribution is 0.130. The normalized spacial score (nSPS) is 23.6. The van der Waals surface area contributed by atoms with Crippen LogP contribution < -0.4 is 10.5 Å². The maximum absolute atomic E-state index is 6.07. The van der Waals surface area contributed by atoms with Crippen molar-refractivity contribution in [2.75, 3.05) is 0 Å². The summed E-state index contributed by atoms with van der Waals surface area (Å²) in [5, 5.41) is 0. The molecule has 2 N–H and O–H groups in total. The minimum Gasteiger partial charge on any atom is -0.490 e. The van der Waals surface area contributed by atoms with E-state index in [1.165, 1.54) is 19.3 Å². The molecule has 1 aromatic rings. The van der Waals surface area contributed by atoms with Gasteiger partial charge in [-0.05, 0) is 43.7 Å². The topological polar surface area (TPSA) is 35.2 Å². The Morgan fingerprint density at radius 2 is 1.94 bits per heavy atom. The Morgan fingerprint density at radius 3 is 2.56 bits per heavy atom. The molecule has 1 fully saturated rings. The highest BCUT2D eigenvalue weighted by atomic mass is 32.1. The van der Waals surface area contributed by atoms with Gasteiger partial charge in [-0.25, -0.2) is 0 Å². The summed E-state index contributed by atoms with van der Waals surface area (Å²) < 4.78 is 6.07. The standard InChI is InChI=1S/C15H21NOS/c1-2-11-7-9-12(10-8-11)17-14-6-4-3-5-13(14)15(16)18/h3-6,11-12H,2,7-10H2,1H3,(H2,16,18). The zero-order chi connectivity index (χ0) is 13.0. The average molecular weight is 263 g/mol. The van der Waals surface area contributed by atoms with Crippen LogP contribution >= 0.6 is 12.2 Å². The fraction of sp³-hybridized carbons (Fsp3) is 0.533. The van der Waals surface area contributed by atoms with Gasteiger partial charge in [-0.2, -0.15) is 0 Å². The molecule has 18 heavy (non-hydrogen) atoms. The first-order valence-electron chi connectivity index (χ1n) is 6.76. The van der Waals surface area contributed by atoms with Crippen molar-refractivity contribution >= 4 is 17.2 Å². The maximum atomic E-state index is 6.07. The van der Waals surface area contributed by atoms with Crippen molar-refractivity contribution in [3.05, 3.63) is 29.8 Å². The Hall–Kier alpha value is -1.09. The van der Waals surface area contributed by atoms with Crippen molar-refractivity contribution in [2.45, 2.75) is 45.1 Å². The highest BCUT2D eigenvalue weighted by Gasteiger charge is 2.22. The molecule has 0 saturated heterocycles. The summed E-state index contributed by atoms with van der Waals surface area (Å²) in [5.74, 6) is 1.72. The van der Waals surface area contributed by atoms with Gasteiger partial charge in [0, 0.05) is 0 Å². The highest BCUT2D eigenvalue weighted by Crippen LogP contribution is 2.30. The predicted octanol–water partition coefficient (Wildman–Crippen LogP) is 3.67. The zero-order valence-corrected chi connectivity index (χ0v) is 11.7. The highest BCUT2D eigenvalue weighted by molar-refractivity contribution is 7.80. The van der Waals surface area contributed by atoms with E-state index in [1.54, 1.807) is 0 Å². The second-order valence-electron chi connectivity index (χ2n) is 5.03. The SMILES string of the molecule is CCC1CCC(Oc2ccccc2C(N)=S)CC1. The Balaban J connectivity index is 2.00. The molecule has 1 aromatic carbocycles. The number of ether oxygens (including phenoxy) is 1. The van der Waals surface area contributed by atoms with Gasteiger partial charge in [-0.1, -0.05) is 37.7 Å². The van der Waals surface area contributed by atoms with Gasteiger partial charge in [-0.15, -0.1) is 0 Å². The van der Waals surface area contributed by atoms with E-state index >= 15 is 0 Å². The van der Waals surface area contributed by atoms with Gasteiger partial charge in [0.25, 0.3) is 0 Å². The molecular weight excluding hydrogens is 242 g/mol.